The summed E-state index contributed by atoms with van der Waals surface area (Å²) in [6.07, 6.45) is 0.945. The average molecular weight is 472 g/mol. The van der Waals surface area contributed by atoms with Gasteiger partial charge in [-0.1, -0.05) is 24.3 Å². The number of benzene rings is 2. The van der Waals surface area contributed by atoms with Crippen LogP contribution in [-0.2, 0) is 51.0 Å². The standard InChI is InChI=1S/C24H28N2O8/c25-19-9-5-17(6-10-19)13-23(29)33-15-31-21(27)3-1-2-4-22(28)32-16-34-24(30)14-18-7-11-20(26)12-8-18/h5-12H,1-4,13-16,25-26H2. The van der Waals surface area contributed by atoms with Crippen LogP contribution in [0.4, 0.5) is 11.4 Å². The Morgan fingerprint density at radius 3 is 1.21 bits per heavy atom. The van der Waals surface area contributed by atoms with Crippen molar-refractivity contribution in [2.45, 2.75) is 38.5 Å². The lowest BCUT2D eigenvalue weighted by atomic mass is 10.1. The van der Waals surface area contributed by atoms with Gasteiger partial charge >= 0.3 is 23.9 Å². The number of nitrogen functional groups attached to an aromatic ring is 2. The van der Waals surface area contributed by atoms with Gasteiger partial charge < -0.3 is 30.4 Å². The molecular formula is C24H28N2O8. The van der Waals surface area contributed by atoms with Crippen LogP contribution < -0.4 is 11.5 Å². The average Bonchev–Trinajstić information content (AvgIpc) is 2.80. The van der Waals surface area contributed by atoms with Crippen molar-refractivity contribution in [1.82, 2.24) is 0 Å². The van der Waals surface area contributed by atoms with Gasteiger partial charge in [-0.2, -0.15) is 0 Å². The van der Waals surface area contributed by atoms with E-state index in [1.165, 1.54) is 0 Å². The molecule has 0 saturated heterocycles. The van der Waals surface area contributed by atoms with Crippen LogP contribution in [0.3, 0.4) is 0 Å². The highest BCUT2D eigenvalue weighted by molar-refractivity contribution is 5.74. The van der Waals surface area contributed by atoms with E-state index in [4.69, 9.17) is 30.4 Å². The number of hydrogen-bond acceptors (Lipinski definition) is 10. The summed E-state index contributed by atoms with van der Waals surface area (Å²) in [4.78, 5) is 46.8. The number of carbonyl (C=O) groups excluding carboxylic acids is 4. The minimum atomic E-state index is -0.551. The molecular weight excluding hydrogens is 444 g/mol. The highest BCUT2D eigenvalue weighted by Crippen LogP contribution is 2.08. The molecule has 2 aromatic rings. The normalized spacial score (nSPS) is 10.2. The number of hydrogen-bond donors (Lipinski definition) is 2. The van der Waals surface area contributed by atoms with Crippen LogP contribution in [0.1, 0.15) is 36.8 Å². The Kier molecular flexibility index (Phi) is 10.9. The molecule has 0 aliphatic carbocycles. The molecule has 0 unspecified atom stereocenters. The predicted molar refractivity (Wildman–Crippen MR) is 122 cm³/mol. The van der Waals surface area contributed by atoms with Gasteiger partial charge in [0.05, 0.1) is 12.8 Å². The van der Waals surface area contributed by atoms with Crippen LogP contribution in [0.25, 0.3) is 0 Å². The van der Waals surface area contributed by atoms with Gasteiger partial charge in [-0.05, 0) is 48.2 Å². The van der Waals surface area contributed by atoms with Crippen LogP contribution in [-0.4, -0.2) is 37.5 Å². The number of carbonyl (C=O) groups is 4. The highest BCUT2D eigenvalue weighted by atomic mass is 16.7. The molecule has 0 fully saturated rings. The zero-order valence-corrected chi connectivity index (χ0v) is 18.7. The summed E-state index contributed by atoms with van der Waals surface area (Å²) < 4.78 is 19.4. The first kappa shape index (κ1) is 26.2. The molecule has 2 aromatic carbocycles. The van der Waals surface area contributed by atoms with Crippen LogP contribution in [0.5, 0.6) is 0 Å². The molecule has 0 amide bonds. The minimum absolute atomic E-state index is 0.0383. The Morgan fingerprint density at radius 2 is 0.853 bits per heavy atom. The van der Waals surface area contributed by atoms with E-state index >= 15 is 0 Å². The van der Waals surface area contributed by atoms with Crippen molar-refractivity contribution >= 4 is 35.3 Å². The molecule has 0 aromatic heterocycles. The fourth-order valence-electron chi connectivity index (χ4n) is 2.71. The summed E-state index contributed by atoms with van der Waals surface area (Å²) in [6, 6.07) is 13.5. The van der Waals surface area contributed by atoms with Gasteiger partial charge in [0.25, 0.3) is 0 Å². The number of ether oxygens (including phenoxy) is 4. The largest absolute Gasteiger partial charge is 0.428 e. The van der Waals surface area contributed by atoms with Gasteiger partial charge in [0, 0.05) is 24.2 Å². The van der Waals surface area contributed by atoms with Crippen LogP contribution in [0, 0.1) is 0 Å². The Morgan fingerprint density at radius 1 is 0.529 bits per heavy atom. The van der Waals surface area contributed by atoms with Gasteiger partial charge in [-0.15, -0.1) is 0 Å². The Labute approximate surface area is 197 Å². The predicted octanol–water partition coefficient (Wildman–Crippen LogP) is 2.28. The van der Waals surface area contributed by atoms with Crippen molar-refractivity contribution in [2.75, 3.05) is 25.1 Å². The first-order valence-corrected chi connectivity index (χ1v) is 10.6. The van der Waals surface area contributed by atoms with Gasteiger partial charge in [-0.25, -0.2) is 0 Å². The Hall–Kier alpha value is -4.08. The topological polar surface area (TPSA) is 157 Å². The molecule has 0 radical (unpaired) electrons. The van der Waals surface area contributed by atoms with Crippen molar-refractivity contribution in [3.05, 3.63) is 59.7 Å². The summed E-state index contributed by atoms with van der Waals surface area (Å²) in [5.41, 5.74) is 13.8. The molecule has 0 atom stereocenters. The molecule has 10 heteroatoms. The molecule has 0 aliphatic heterocycles. The van der Waals surface area contributed by atoms with Gasteiger partial charge in [-0.3, -0.25) is 19.2 Å². The fourth-order valence-corrected chi connectivity index (χ4v) is 2.71. The quantitative estimate of drug-likeness (QED) is 0.192. The first-order valence-electron chi connectivity index (χ1n) is 10.6. The summed E-state index contributed by atoms with van der Waals surface area (Å²) in [5, 5.41) is 0. The van der Waals surface area contributed by atoms with Crippen molar-refractivity contribution < 1.29 is 38.1 Å². The monoisotopic (exact) mass is 472 g/mol. The summed E-state index contributed by atoms with van der Waals surface area (Å²) >= 11 is 0. The second-order valence-electron chi connectivity index (χ2n) is 7.34. The van der Waals surface area contributed by atoms with Crippen molar-refractivity contribution in [1.29, 1.82) is 0 Å². The number of nitrogens with two attached hydrogens (primary N) is 2. The molecule has 2 rings (SSSR count). The van der Waals surface area contributed by atoms with Crippen molar-refractivity contribution in [2.24, 2.45) is 0 Å². The SMILES string of the molecule is Nc1ccc(CC(=O)OCOC(=O)CCCCC(=O)OCOC(=O)Cc2ccc(N)cc2)cc1. The van der Waals surface area contributed by atoms with Crippen LogP contribution >= 0.6 is 0 Å². The lowest BCUT2D eigenvalue weighted by Crippen LogP contribution is -2.15. The smallest absolute Gasteiger partial charge is 0.313 e. The van der Waals surface area contributed by atoms with Gasteiger partial charge in [0.2, 0.25) is 13.6 Å². The second-order valence-corrected chi connectivity index (χ2v) is 7.34. The zero-order valence-electron chi connectivity index (χ0n) is 18.7. The molecule has 0 heterocycles. The third-order valence-corrected chi connectivity index (χ3v) is 4.55. The van der Waals surface area contributed by atoms with Gasteiger partial charge in [0.1, 0.15) is 0 Å². The Bertz CT molecular complexity index is 878. The lowest BCUT2D eigenvalue weighted by molar-refractivity contribution is -0.169. The fraction of sp³-hybridized carbons (Fsp3) is 0.333. The maximum atomic E-state index is 11.7. The Balaban J connectivity index is 1.47. The zero-order chi connectivity index (χ0) is 24.8. The van der Waals surface area contributed by atoms with Crippen molar-refractivity contribution in [3.63, 3.8) is 0 Å². The third-order valence-electron chi connectivity index (χ3n) is 4.55. The van der Waals surface area contributed by atoms with Crippen LogP contribution in [0.15, 0.2) is 48.5 Å². The summed E-state index contributed by atoms with van der Waals surface area (Å²) in [6.45, 7) is -0.952. The van der Waals surface area contributed by atoms with E-state index in [0.717, 1.165) is 11.1 Å². The van der Waals surface area contributed by atoms with E-state index in [1.54, 1.807) is 48.5 Å². The van der Waals surface area contributed by atoms with Gasteiger partial charge in [0.15, 0.2) is 0 Å². The first-order chi connectivity index (χ1) is 16.3. The molecule has 0 spiro atoms. The summed E-state index contributed by atoms with van der Waals surface area (Å²) in [5.74, 6) is -2.17. The molecule has 10 nitrogen and oxygen atoms in total. The minimum Gasteiger partial charge on any atom is -0.428 e. The maximum absolute atomic E-state index is 11.7. The molecule has 182 valence electrons. The highest BCUT2D eigenvalue weighted by Gasteiger charge is 2.10. The van der Waals surface area contributed by atoms with E-state index < -0.39 is 37.5 Å². The maximum Gasteiger partial charge on any atom is 0.313 e. The summed E-state index contributed by atoms with van der Waals surface area (Å²) in [7, 11) is 0. The molecule has 34 heavy (non-hydrogen) atoms. The van der Waals surface area contributed by atoms with E-state index in [9.17, 15) is 19.2 Å². The number of esters is 4. The van der Waals surface area contributed by atoms with E-state index in [2.05, 4.69) is 0 Å². The lowest BCUT2D eigenvalue weighted by Gasteiger charge is -2.07. The van der Waals surface area contributed by atoms with E-state index in [0.29, 0.717) is 24.2 Å². The third kappa shape index (κ3) is 11.0. The second kappa shape index (κ2) is 14.1. The van der Waals surface area contributed by atoms with E-state index in [1.807, 2.05) is 0 Å². The number of unbranched alkanes of at least 4 members (excludes halogenated alkanes) is 1. The molecule has 0 bridgehead atoms. The number of rotatable bonds is 13. The van der Waals surface area contributed by atoms with Crippen molar-refractivity contribution in [3.8, 4) is 0 Å². The molecule has 0 saturated carbocycles. The molecule has 0 aliphatic rings. The van der Waals surface area contributed by atoms with E-state index in [-0.39, 0.29) is 25.7 Å². The number of anilines is 2. The van der Waals surface area contributed by atoms with Crippen LogP contribution in [0.2, 0.25) is 0 Å². The molecule has 4 N–H and O–H groups in total.